The zero-order chi connectivity index (χ0) is 19.4. The quantitative estimate of drug-likeness (QED) is 0.352. The fourth-order valence-electron chi connectivity index (χ4n) is 2.51. The fraction of sp³-hybridized carbons (Fsp3) is 0.0769. The summed E-state index contributed by atoms with van der Waals surface area (Å²) in [6.07, 6.45) is 0. The second-order valence-corrected chi connectivity index (χ2v) is 9.06. The minimum Gasteiger partial charge on any atom is -0.744 e. The van der Waals surface area contributed by atoms with Crippen LogP contribution in [0.5, 0.6) is 0 Å². The maximum absolute atomic E-state index is 11.8. The Bertz CT molecular complexity index is 1230. The van der Waals surface area contributed by atoms with Gasteiger partial charge < -0.3 is 9.11 Å². The summed E-state index contributed by atoms with van der Waals surface area (Å²) >= 11 is 0. The molecular weight excluding hydrogens is 442 g/mol. The normalized spacial score (nSPS) is 12.1. The molecule has 0 atom stereocenters. The summed E-state index contributed by atoms with van der Waals surface area (Å²) in [5.41, 5.74) is -0.552. The second-order valence-electron chi connectivity index (χ2n) is 5.07. The van der Waals surface area contributed by atoms with Gasteiger partial charge >= 0.3 is 59.1 Å². The average Bonchev–Trinajstić information content (AvgIpc) is 2.41. The van der Waals surface area contributed by atoms with E-state index in [4.69, 9.17) is 0 Å². The number of hydrogen-bond donors (Lipinski definition) is 1. The molecule has 2 aromatic carbocycles. The van der Waals surface area contributed by atoms with Gasteiger partial charge in [-0.2, -0.15) is 8.42 Å². The van der Waals surface area contributed by atoms with Crippen LogP contribution in [0.4, 0.5) is 0 Å². The molecule has 0 bridgehead atoms. The van der Waals surface area contributed by atoms with Crippen LogP contribution in [0.2, 0.25) is 0 Å². The average molecular weight is 452 g/mol. The van der Waals surface area contributed by atoms with Crippen molar-refractivity contribution in [2.24, 2.45) is 0 Å². The van der Waals surface area contributed by atoms with E-state index in [1.54, 1.807) is 0 Å². The molecule has 2 rings (SSSR count). The Kier molecular flexibility index (Phi) is 8.95. The Hall–Kier alpha value is 0.170. The third kappa shape index (κ3) is 5.41. The third-order valence-corrected chi connectivity index (χ3v) is 6.28. The van der Waals surface area contributed by atoms with Crippen LogP contribution in [0.25, 0.3) is 16.3 Å². The van der Waals surface area contributed by atoms with E-state index in [0.29, 0.717) is 0 Å². The first-order valence-corrected chi connectivity index (χ1v) is 10.6. The summed E-state index contributed by atoms with van der Waals surface area (Å²) in [4.78, 5) is -4.83. The van der Waals surface area contributed by atoms with Crippen molar-refractivity contribution in [2.75, 3.05) is 0 Å². The molecule has 2 aromatic rings. The van der Waals surface area contributed by atoms with E-state index in [2.05, 4.69) is 6.58 Å². The second kappa shape index (κ2) is 8.90. The SMILES string of the molecule is C=C(C)c1c(S(=O)(=O)O)c(S(=O)(=O)[O-])c(S(=O)(=O)[O-])c2ccccc12.[Na+].[Na+]. The van der Waals surface area contributed by atoms with Gasteiger partial charge in [0.05, 0.1) is 9.79 Å². The van der Waals surface area contributed by atoms with E-state index in [-0.39, 0.29) is 70.1 Å². The molecule has 136 valence electrons. The molecule has 14 heteroatoms. The fourth-order valence-corrected chi connectivity index (χ4v) is 6.13. The zero-order valence-electron chi connectivity index (χ0n) is 14.5. The maximum Gasteiger partial charge on any atom is 1.00 e. The molecule has 0 amide bonds. The van der Waals surface area contributed by atoms with Crippen LogP contribution in [-0.4, -0.2) is 38.9 Å². The van der Waals surface area contributed by atoms with Crippen LogP contribution in [0.1, 0.15) is 12.5 Å². The molecule has 0 radical (unpaired) electrons. The molecule has 0 aliphatic carbocycles. The van der Waals surface area contributed by atoms with E-state index in [0.717, 1.165) is 6.07 Å². The zero-order valence-corrected chi connectivity index (χ0v) is 20.9. The predicted octanol–water partition coefficient (Wildman–Crippen LogP) is -5.06. The van der Waals surface area contributed by atoms with Gasteiger partial charge in [0, 0.05) is 10.9 Å². The predicted molar refractivity (Wildman–Crippen MR) is 84.4 cm³/mol. The van der Waals surface area contributed by atoms with Crippen molar-refractivity contribution in [1.82, 2.24) is 0 Å². The Morgan fingerprint density at radius 2 is 1.26 bits per heavy atom. The molecule has 0 unspecified atom stereocenters. The molecule has 27 heavy (non-hydrogen) atoms. The first-order valence-electron chi connectivity index (χ1n) is 6.31. The van der Waals surface area contributed by atoms with Crippen LogP contribution in [0.15, 0.2) is 45.5 Å². The topological polar surface area (TPSA) is 169 Å². The molecule has 0 aliphatic heterocycles. The Balaban J connectivity index is 0.00000338. The molecule has 9 nitrogen and oxygen atoms in total. The van der Waals surface area contributed by atoms with Gasteiger partial charge in [-0.25, -0.2) is 16.8 Å². The minimum absolute atomic E-state index is 0. The van der Waals surface area contributed by atoms with E-state index in [1.807, 2.05) is 0 Å². The molecule has 0 aliphatic rings. The third-order valence-electron chi connectivity index (χ3n) is 3.27. The molecule has 0 spiro atoms. The number of hydrogen-bond acceptors (Lipinski definition) is 8. The van der Waals surface area contributed by atoms with Crippen LogP contribution in [0, 0.1) is 0 Å². The molecule has 0 fully saturated rings. The largest absolute Gasteiger partial charge is 1.00 e. The van der Waals surface area contributed by atoms with Gasteiger partial charge in [-0.3, -0.25) is 4.55 Å². The summed E-state index contributed by atoms with van der Waals surface area (Å²) < 4.78 is 103. The van der Waals surface area contributed by atoms with Crippen LogP contribution in [-0.2, 0) is 30.4 Å². The van der Waals surface area contributed by atoms with Gasteiger partial charge in [-0.15, -0.1) is 0 Å². The number of fused-ring (bicyclic) bond motifs is 1. The minimum atomic E-state index is -5.79. The summed E-state index contributed by atoms with van der Waals surface area (Å²) in [6, 6.07) is 4.85. The summed E-state index contributed by atoms with van der Waals surface area (Å²) in [5.74, 6) is 0. The van der Waals surface area contributed by atoms with Crippen LogP contribution >= 0.6 is 0 Å². The van der Waals surface area contributed by atoms with Gasteiger partial charge in [-0.05, 0) is 17.9 Å². The van der Waals surface area contributed by atoms with Gasteiger partial charge in [0.2, 0.25) is 0 Å². The standard InChI is InChI=1S/C13H12O9S3.2Na/c1-7(2)10-8-5-3-4-6-9(8)11(23(14,15)16)13(25(20,21)22)12(10)24(17,18)19;;/h3-6H,1H2,2H3,(H,14,15,16)(H,17,18,19)(H,20,21,22);;/q;2*+1/p-2. The van der Waals surface area contributed by atoms with Crippen LogP contribution < -0.4 is 59.1 Å². The van der Waals surface area contributed by atoms with E-state index in [9.17, 15) is 38.9 Å². The van der Waals surface area contributed by atoms with Crippen molar-refractivity contribution in [2.45, 2.75) is 21.6 Å². The first kappa shape index (κ1) is 27.2. The van der Waals surface area contributed by atoms with Gasteiger partial charge in [0.15, 0.2) is 0 Å². The number of rotatable bonds is 4. The van der Waals surface area contributed by atoms with Gasteiger partial charge in [0.1, 0.15) is 25.1 Å². The van der Waals surface area contributed by atoms with E-state index < -0.39 is 56.0 Å². The van der Waals surface area contributed by atoms with Crippen LogP contribution in [0.3, 0.4) is 0 Å². The molecular formula is C13H10Na2O9S3. The van der Waals surface area contributed by atoms with E-state index >= 15 is 0 Å². The van der Waals surface area contributed by atoms with Crippen molar-refractivity contribution in [3.05, 3.63) is 36.4 Å². The molecule has 0 aromatic heterocycles. The molecule has 0 heterocycles. The van der Waals surface area contributed by atoms with Gasteiger partial charge in [0.25, 0.3) is 10.1 Å². The Morgan fingerprint density at radius 1 is 0.852 bits per heavy atom. The Morgan fingerprint density at radius 3 is 1.59 bits per heavy atom. The Labute approximate surface area is 200 Å². The van der Waals surface area contributed by atoms with E-state index in [1.165, 1.54) is 25.1 Å². The number of benzene rings is 2. The van der Waals surface area contributed by atoms with Crippen molar-refractivity contribution < 1.29 is 98.0 Å². The first-order chi connectivity index (χ1) is 11.2. The number of allylic oxidation sites excluding steroid dienone is 1. The van der Waals surface area contributed by atoms with Crippen molar-refractivity contribution in [3.8, 4) is 0 Å². The van der Waals surface area contributed by atoms with Crippen molar-refractivity contribution >= 4 is 46.7 Å². The van der Waals surface area contributed by atoms with Crippen molar-refractivity contribution in [1.29, 1.82) is 0 Å². The summed E-state index contributed by atoms with van der Waals surface area (Å²) in [5, 5.41) is -0.651. The summed E-state index contributed by atoms with van der Waals surface area (Å²) in [7, 11) is -16.8. The molecule has 1 N–H and O–H groups in total. The monoisotopic (exact) mass is 452 g/mol. The molecule has 0 saturated carbocycles. The van der Waals surface area contributed by atoms with Gasteiger partial charge in [-0.1, -0.05) is 30.8 Å². The smallest absolute Gasteiger partial charge is 0.744 e. The molecule has 0 saturated heterocycles. The maximum atomic E-state index is 11.8. The van der Waals surface area contributed by atoms with Crippen molar-refractivity contribution in [3.63, 3.8) is 0 Å². The summed E-state index contributed by atoms with van der Waals surface area (Å²) in [6.45, 7) is 4.72.